The second-order valence-corrected chi connectivity index (χ2v) is 4.71. The van der Waals surface area contributed by atoms with Gasteiger partial charge < -0.3 is 14.8 Å². The summed E-state index contributed by atoms with van der Waals surface area (Å²) < 4.78 is 23.3. The lowest BCUT2D eigenvalue weighted by molar-refractivity contribution is -0.142. The van der Waals surface area contributed by atoms with Gasteiger partial charge in [0.2, 0.25) is 0 Å². The second-order valence-electron chi connectivity index (χ2n) is 4.71. The van der Waals surface area contributed by atoms with Gasteiger partial charge in [0.15, 0.2) is 6.61 Å². The van der Waals surface area contributed by atoms with Crippen molar-refractivity contribution in [1.82, 2.24) is 0 Å². The number of halogens is 1. The molecule has 0 aliphatic rings. The molecule has 124 valence electrons. The molecule has 0 bridgehead atoms. The molecule has 5 nitrogen and oxygen atoms in total. The van der Waals surface area contributed by atoms with Gasteiger partial charge in [-0.1, -0.05) is 30.3 Å². The van der Waals surface area contributed by atoms with Gasteiger partial charge in [0.05, 0.1) is 12.8 Å². The molecule has 0 heterocycles. The molecule has 6 heteroatoms. The first-order valence-electron chi connectivity index (χ1n) is 7.12. The van der Waals surface area contributed by atoms with Crippen LogP contribution in [0.25, 0.3) is 6.08 Å². The zero-order chi connectivity index (χ0) is 17.4. The van der Waals surface area contributed by atoms with Crippen molar-refractivity contribution in [3.05, 3.63) is 66.0 Å². The van der Waals surface area contributed by atoms with E-state index in [1.807, 2.05) is 6.07 Å². The van der Waals surface area contributed by atoms with Crippen LogP contribution in [0.4, 0.5) is 10.1 Å². The lowest BCUT2D eigenvalue weighted by Crippen LogP contribution is -2.20. The molecular weight excluding hydrogens is 313 g/mol. The van der Waals surface area contributed by atoms with Crippen molar-refractivity contribution in [1.29, 1.82) is 0 Å². The Balaban J connectivity index is 1.85. The quantitative estimate of drug-likeness (QED) is 0.653. The Morgan fingerprint density at radius 3 is 2.58 bits per heavy atom. The molecule has 0 fully saturated rings. The van der Waals surface area contributed by atoms with Crippen molar-refractivity contribution >= 4 is 23.6 Å². The largest absolute Gasteiger partial charge is 0.496 e. The molecule has 0 radical (unpaired) electrons. The standard InChI is InChI=1S/C18H16FNO4/c1-23-16-9-5-2-6-13(16)10-11-18(22)24-12-17(21)20-15-8-4-3-7-14(15)19/h2-11H,12H2,1H3,(H,20,21)/b11-10+. The predicted molar refractivity (Wildman–Crippen MR) is 88.0 cm³/mol. The lowest BCUT2D eigenvalue weighted by atomic mass is 10.2. The summed E-state index contributed by atoms with van der Waals surface area (Å²) in [4.78, 5) is 23.3. The number of rotatable bonds is 6. The number of carbonyl (C=O) groups excluding carboxylic acids is 2. The van der Waals surface area contributed by atoms with Gasteiger partial charge in [-0.3, -0.25) is 4.79 Å². The summed E-state index contributed by atoms with van der Waals surface area (Å²) in [7, 11) is 1.53. The van der Waals surface area contributed by atoms with Crippen molar-refractivity contribution in [2.45, 2.75) is 0 Å². The van der Waals surface area contributed by atoms with Crippen LogP contribution in [0.2, 0.25) is 0 Å². The lowest BCUT2D eigenvalue weighted by Gasteiger charge is -2.06. The minimum absolute atomic E-state index is 0.0307. The van der Waals surface area contributed by atoms with Crippen LogP contribution in [0.1, 0.15) is 5.56 Å². The number of carbonyl (C=O) groups is 2. The molecule has 0 atom stereocenters. The van der Waals surface area contributed by atoms with E-state index in [9.17, 15) is 14.0 Å². The van der Waals surface area contributed by atoms with E-state index in [-0.39, 0.29) is 5.69 Å². The Morgan fingerprint density at radius 2 is 1.83 bits per heavy atom. The van der Waals surface area contributed by atoms with Gasteiger partial charge in [0.1, 0.15) is 11.6 Å². The molecule has 0 spiro atoms. The van der Waals surface area contributed by atoms with Crippen LogP contribution in [-0.4, -0.2) is 25.6 Å². The molecule has 0 saturated carbocycles. The zero-order valence-electron chi connectivity index (χ0n) is 13.0. The number of esters is 1. The highest BCUT2D eigenvalue weighted by atomic mass is 19.1. The van der Waals surface area contributed by atoms with Crippen molar-refractivity contribution in [3.63, 3.8) is 0 Å². The van der Waals surface area contributed by atoms with Gasteiger partial charge in [0.25, 0.3) is 5.91 Å². The molecule has 1 N–H and O–H groups in total. The predicted octanol–water partition coefficient (Wildman–Crippen LogP) is 3.03. The maximum atomic E-state index is 13.4. The summed E-state index contributed by atoms with van der Waals surface area (Å²) in [6.45, 7) is -0.510. The Hall–Kier alpha value is -3.15. The van der Waals surface area contributed by atoms with E-state index >= 15 is 0 Å². The van der Waals surface area contributed by atoms with Crippen LogP contribution in [0.5, 0.6) is 5.75 Å². The van der Waals surface area contributed by atoms with Crippen LogP contribution in [-0.2, 0) is 14.3 Å². The van der Waals surface area contributed by atoms with Crippen molar-refractivity contribution < 1.29 is 23.5 Å². The highest BCUT2D eigenvalue weighted by Gasteiger charge is 2.08. The highest BCUT2D eigenvalue weighted by Crippen LogP contribution is 2.18. The Kier molecular flexibility index (Phi) is 6.08. The number of methoxy groups -OCH3 is 1. The average molecular weight is 329 g/mol. The smallest absolute Gasteiger partial charge is 0.331 e. The molecular formula is C18H16FNO4. The van der Waals surface area contributed by atoms with E-state index in [4.69, 9.17) is 9.47 Å². The van der Waals surface area contributed by atoms with E-state index in [1.54, 1.807) is 24.3 Å². The molecule has 2 aromatic carbocycles. The Labute approximate surface area is 138 Å². The van der Waals surface area contributed by atoms with Gasteiger partial charge in [-0.05, 0) is 24.3 Å². The first kappa shape index (κ1) is 17.2. The fraction of sp³-hybridized carbons (Fsp3) is 0.111. The van der Waals surface area contributed by atoms with Gasteiger partial charge in [-0.15, -0.1) is 0 Å². The maximum Gasteiger partial charge on any atom is 0.331 e. The molecule has 24 heavy (non-hydrogen) atoms. The van der Waals surface area contributed by atoms with E-state index in [0.717, 1.165) is 0 Å². The molecule has 2 rings (SSSR count). The van der Waals surface area contributed by atoms with Crippen LogP contribution in [0, 0.1) is 5.82 Å². The van der Waals surface area contributed by atoms with Crippen LogP contribution < -0.4 is 10.1 Å². The van der Waals surface area contributed by atoms with Crippen LogP contribution >= 0.6 is 0 Å². The zero-order valence-corrected chi connectivity index (χ0v) is 13.0. The monoisotopic (exact) mass is 329 g/mol. The first-order chi connectivity index (χ1) is 11.6. The molecule has 0 aliphatic heterocycles. The Bertz CT molecular complexity index is 758. The fourth-order valence-electron chi connectivity index (χ4n) is 1.90. The molecule has 0 aliphatic carbocycles. The van der Waals surface area contributed by atoms with Gasteiger partial charge in [0, 0.05) is 11.6 Å². The molecule has 0 unspecified atom stereocenters. The summed E-state index contributed by atoms with van der Waals surface area (Å²) in [6.07, 6.45) is 2.71. The van der Waals surface area contributed by atoms with E-state index in [1.165, 1.54) is 37.5 Å². The summed E-state index contributed by atoms with van der Waals surface area (Å²) in [5.74, 6) is -1.27. The average Bonchev–Trinajstić information content (AvgIpc) is 2.60. The number of hydrogen-bond donors (Lipinski definition) is 1. The minimum Gasteiger partial charge on any atom is -0.496 e. The van der Waals surface area contributed by atoms with Gasteiger partial charge in [-0.25, -0.2) is 9.18 Å². The fourth-order valence-corrected chi connectivity index (χ4v) is 1.90. The number of benzene rings is 2. The first-order valence-corrected chi connectivity index (χ1v) is 7.12. The molecule has 0 aromatic heterocycles. The van der Waals surface area contributed by atoms with Crippen LogP contribution in [0.3, 0.4) is 0 Å². The number of hydrogen-bond acceptors (Lipinski definition) is 4. The van der Waals surface area contributed by atoms with Crippen molar-refractivity contribution in [2.24, 2.45) is 0 Å². The topological polar surface area (TPSA) is 64.6 Å². The van der Waals surface area contributed by atoms with Crippen molar-refractivity contribution in [3.8, 4) is 5.75 Å². The number of ether oxygens (including phenoxy) is 2. The highest BCUT2D eigenvalue weighted by molar-refractivity contribution is 5.94. The van der Waals surface area contributed by atoms with E-state index in [0.29, 0.717) is 11.3 Å². The number of nitrogens with one attached hydrogen (secondary N) is 1. The van der Waals surface area contributed by atoms with Crippen molar-refractivity contribution in [2.75, 3.05) is 19.0 Å². The molecule has 1 amide bonds. The molecule has 2 aromatic rings. The third kappa shape index (κ3) is 4.95. The second kappa shape index (κ2) is 8.47. The SMILES string of the molecule is COc1ccccc1/C=C/C(=O)OCC(=O)Nc1ccccc1F. The summed E-state index contributed by atoms with van der Waals surface area (Å²) >= 11 is 0. The summed E-state index contributed by atoms with van der Waals surface area (Å²) in [6, 6.07) is 12.9. The Morgan fingerprint density at radius 1 is 1.12 bits per heavy atom. The van der Waals surface area contributed by atoms with Gasteiger partial charge in [-0.2, -0.15) is 0 Å². The third-order valence-electron chi connectivity index (χ3n) is 3.03. The summed E-state index contributed by atoms with van der Waals surface area (Å²) in [5.41, 5.74) is 0.732. The summed E-state index contributed by atoms with van der Waals surface area (Å²) in [5, 5.41) is 2.32. The number of amides is 1. The van der Waals surface area contributed by atoms with E-state index < -0.39 is 24.3 Å². The third-order valence-corrected chi connectivity index (χ3v) is 3.03. The normalized spacial score (nSPS) is 10.4. The van der Waals surface area contributed by atoms with Gasteiger partial charge >= 0.3 is 5.97 Å². The maximum absolute atomic E-state index is 13.4. The van der Waals surface area contributed by atoms with Crippen LogP contribution in [0.15, 0.2) is 54.6 Å². The van der Waals surface area contributed by atoms with E-state index in [2.05, 4.69) is 5.32 Å². The minimum atomic E-state index is -0.690. The number of anilines is 1. The number of para-hydroxylation sites is 2. The molecule has 0 saturated heterocycles.